The molecule has 0 aromatic heterocycles. The Morgan fingerprint density at radius 2 is 1.97 bits per heavy atom. The highest BCUT2D eigenvalue weighted by molar-refractivity contribution is 8.00. The van der Waals surface area contributed by atoms with Crippen molar-refractivity contribution >= 4 is 23.6 Å². The molecular weight excluding hydrogens is 459 g/mol. The zero-order chi connectivity index (χ0) is 24.3. The number of alkyl halides is 1. The zero-order valence-electron chi connectivity index (χ0n) is 18.9. The van der Waals surface area contributed by atoms with Crippen LogP contribution in [0.3, 0.4) is 0 Å². The summed E-state index contributed by atoms with van der Waals surface area (Å²) in [6.07, 6.45) is 0.931. The van der Waals surface area contributed by atoms with E-state index in [1.54, 1.807) is 6.07 Å². The lowest BCUT2D eigenvalue weighted by atomic mass is 9.86. The fourth-order valence-electron chi connectivity index (χ4n) is 4.71. The van der Waals surface area contributed by atoms with Crippen molar-refractivity contribution in [2.45, 2.75) is 36.4 Å². The quantitative estimate of drug-likeness (QED) is 0.447. The van der Waals surface area contributed by atoms with E-state index in [4.69, 9.17) is 4.74 Å². The van der Waals surface area contributed by atoms with E-state index in [1.807, 2.05) is 30.3 Å². The highest BCUT2D eigenvalue weighted by atomic mass is 32.2. The lowest BCUT2D eigenvalue weighted by Crippen LogP contribution is -2.34. The molecule has 0 radical (unpaired) electrons. The van der Waals surface area contributed by atoms with Gasteiger partial charge in [0.25, 0.3) is 11.8 Å². The second-order valence-electron chi connectivity index (χ2n) is 8.72. The number of carbonyl (C=O) groups excluding carboxylic acids is 2. The number of aliphatic hydroxyl groups is 2. The number of rotatable bonds is 7. The third kappa shape index (κ3) is 5.21. The molecule has 0 saturated carbocycles. The Morgan fingerprint density at radius 1 is 1.21 bits per heavy atom. The number of benzene rings is 2. The van der Waals surface area contributed by atoms with Crippen molar-refractivity contribution in [1.82, 2.24) is 10.6 Å². The SMILES string of the molecule is CNC(=O)c1cc(C(=O)NCCC2CCSC(O)(O)C2)cc2c1OC(CF)C2c1ccccc1. The molecule has 9 heteroatoms. The summed E-state index contributed by atoms with van der Waals surface area (Å²) >= 11 is 1.13. The third-order valence-electron chi connectivity index (χ3n) is 6.39. The van der Waals surface area contributed by atoms with Gasteiger partial charge in [0, 0.05) is 31.1 Å². The lowest BCUT2D eigenvalue weighted by molar-refractivity contribution is -0.0954. The maximum atomic E-state index is 13.9. The van der Waals surface area contributed by atoms with Crippen LogP contribution in [0.2, 0.25) is 0 Å². The fourth-order valence-corrected chi connectivity index (χ4v) is 5.84. The Kier molecular flexibility index (Phi) is 7.45. The molecule has 3 atom stereocenters. The molecular formula is C25H29FN2O5S. The van der Waals surface area contributed by atoms with Gasteiger partial charge >= 0.3 is 0 Å². The first-order valence-corrected chi connectivity index (χ1v) is 12.4. The van der Waals surface area contributed by atoms with Gasteiger partial charge < -0.3 is 25.6 Å². The molecule has 34 heavy (non-hydrogen) atoms. The molecule has 1 saturated heterocycles. The van der Waals surface area contributed by atoms with Crippen LogP contribution >= 0.6 is 11.8 Å². The molecule has 2 heterocycles. The summed E-state index contributed by atoms with van der Waals surface area (Å²) in [5.41, 5.74) is 1.93. The van der Waals surface area contributed by atoms with Gasteiger partial charge in [-0.1, -0.05) is 42.1 Å². The van der Waals surface area contributed by atoms with Crippen molar-refractivity contribution in [2.24, 2.45) is 5.92 Å². The average Bonchev–Trinajstić information content (AvgIpc) is 3.21. The van der Waals surface area contributed by atoms with Crippen LogP contribution in [0.1, 0.15) is 57.0 Å². The predicted molar refractivity (Wildman–Crippen MR) is 128 cm³/mol. The first-order chi connectivity index (χ1) is 16.3. The van der Waals surface area contributed by atoms with Crippen molar-refractivity contribution in [2.75, 3.05) is 26.0 Å². The van der Waals surface area contributed by atoms with Gasteiger partial charge in [0.2, 0.25) is 5.12 Å². The Hall–Kier alpha value is -2.62. The van der Waals surface area contributed by atoms with Gasteiger partial charge in [-0.15, -0.1) is 0 Å². The molecule has 0 spiro atoms. The van der Waals surface area contributed by atoms with Crippen LogP contribution in [0.25, 0.3) is 0 Å². The van der Waals surface area contributed by atoms with Crippen LogP contribution < -0.4 is 15.4 Å². The molecule has 4 N–H and O–H groups in total. The van der Waals surface area contributed by atoms with Crippen molar-refractivity contribution in [3.8, 4) is 5.75 Å². The van der Waals surface area contributed by atoms with E-state index in [-0.39, 0.29) is 23.8 Å². The Morgan fingerprint density at radius 3 is 2.65 bits per heavy atom. The average molecular weight is 489 g/mol. The largest absolute Gasteiger partial charge is 0.486 e. The number of hydrogen-bond acceptors (Lipinski definition) is 6. The molecule has 2 aliphatic heterocycles. The highest BCUT2D eigenvalue weighted by Crippen LogP contribution is 2.45. The summed E-state index contributed by atoms with van der Waals surface area (Å²) in [5, 5.41) is 23.4. The molecule has 0 bridgehead atoms. The normalized spacial score (nSPS) is 23.0. The van der Waals surface area contributed by atoms with Crippen LogP contribution in [0.5, 0.6) is 5.75 Å². The molecule has 2 amide bonds. The number of fused-ring (bicyclic) bond motifs is 1. The molecule has 182 valence electrons. The Bertz CT molecular complexity index is 1050. The monoisotopic (exact) mass is 488 g/mol. The number of amides is 2. The van der Waals surface area contributed by atoms with Gasteiger partial charge in [0.05, 0.1) is 11.5 Å². The molecule has 3 unspecified atom stereocenters. The van der Waals surface area contributed by atoms with Gasteiger partial charge in [-0.25, -0.2) is 4.39 Å². The molecule has 0 aliphatic carbocycles. The van der Waals surface area contributed by atoms with Gasteiger partial charge in [-0.2, -0.15) is 0 Å². The molecule has 2 aromatic rings. The fraction of sp³-hybridized carbons (Fsp3) is 0.440. The Balaban J connectivity index is 1.58. The van der Waals surface area contributed by atoms with E-state index >= 15 is 0 Å². The summed E-state index contributed by atoms with van der Waals surface area (Å²) in [6.45, 7) is -0.373. The van der Waals surface area contributed by atoms with E-state index in [0.29, 0.717) is 35.6 Å². The summed E-state index contributed by atoms with van der Waals surface area (Å²) in [7, 11) is 1.49. The van der Waals surface area contributed by atoms with E-state index in [2.05, 4.69) is 10.6 Å². The van der Waals surface area contributed by atoms with Crippen LogP contribution in [0.15, 0.2) is 42.5 Å². The summed E-state index contributed by atoms with van der Waals surface area (Å²) in [4.78, 5) is 25.6. The van der Waals surface area contributed by atoms with Gasteiger partial charge in [-0.3, -0.25) is 9.59 Å². The van der Waals surface area contributed by atoms with Crippen molar-refractivity contribution in [3.05, 3.63) is 64.7 Å². The van der Waals surface area contributed by atoms with E-state index in [1.165, 1.54) is 13.1 Å². The lowest BCUT2D eigenvalue weighted by Gasteiger charge is -2.31. The van der Waals surface area contributed by atoms with E-state index in [9.17, 15) is 24.2 Å². The first kappa shape index (κ1) is 24.5. The summed E-state index contributed by atoms with van der Waals surface area (Å²) < 4.78 is 19.8. The van der Waals surface area contributed by atoms with Crippen LogP contribution in [0, 0.1) is 5.92 Å². The van der Waals surface area contributed by atoms with Gasteiger partial charge in [0.1, 0.15) is 18.5 Å². The molecule has 2 aromatic carbocycles. The minimum Gasteiger partial charge on any atom is -0.486 e. The summed E-state index contributed by atoms with van der Waals surface area (Å²) in [6, 6.07) is 12.5. The molecule has 1 fully saturated rings. The molecule has 4 rings (SSSR count). The second-order valence-corrected chi connectivity index (χ2v) is 10.1. The number of nitrogens with one attached hydrogen (secondary N) is 2. The standard InChI is InChI=1S/C25H29FN2O5S/c1-27-24(30)19-12-17(23(29)28-9-7-15-8-10-34-25(31,32)13-15)11-18-21(16-5-3-2-4-6-16)20(14-26)33-22(18)19/h2-6,11-12,15,20-21,31-32H,7-10,13-14H2,1H3,(H,27,30)(H,28,29). The predicted octanol–water partition coefficient (Wildman–Crippen LogP) is 2.81. The van der Waals surface area contributed by atoms with Crippen LogP contribution in [-0.2, 0) is 0 Å². The zero-order valence-corrected chi connectivity index (χ0v) is 19.7. The highest BCUT2D eigenvalue weighted by Gasteiger charge is 2.39. The number of thioether (sulfide) groups is 1. The van der Waals surface area contributed by atoms with Crippen molar-refractivity contribution < 1.29 is 28.9 Å². The van der Waals surface area contributed by atoms with Gasteiger partial charge in [-0.05, 0) is 42.2 Å². The third-order valence-corrected chi connectivity index (χ3v) is 7.46. The van der Waals surface area contributed by atoms with Crippen molar-refractivity contribution in [1.29, 1.82) is 0 Å². The number of hydrogen-bond donors (Lipinski definition) is 4. The Labute approximate surface area is 202 Å². The van der Waals surface area contributed by atoms with Crippen molar-refractivity contribution in [3.63, 3.8) is 0 Å². The number of ether oxygens (including phenoxy) is 1. The maximum Gasteiger partial charge on any atom is 0.254 e. The topological polar surface area (TPSA) is 108 Å². The summed E-state index contributed by atoms with van der Waals surface area (Å²) in [5.74, 6) is -0.164. The number of halogens is 1. The number of carbonyl (C=O) groups is 2. The minimum atomic E-state index is -1.71. The maximum absolute atomic E-state index is 13.9. The smallest absolute Gasteiger partial charge is 0.254 e. The van der Waals surface area contributed by atoms with E-state index in [0.717, 1.165) is 23.7 Å². The molecule has 2 aliphatic rings. The molecule has 7 nitrogen and oxygen atoms in total. The van der Waals surface area contributed by atoms with Gasteiger partial charge in [0.15, 0.2) is 0 Å². The second kappa shape index (κ2) is 10.3. The van der Waals surface area contributed by atoms with Crippen LogP contribution in [-0.4, -0.2) is 59.3 Å². The van der Waals surface area contributed by atoms with E-state index < -0.39 is 29.7 Å². The van der Waals surface area contributed by atoms with Crippen LogP contribution in [0.4, 0.5) is 4.39 Å². The first-order valence-electron chi connectivity index (χ1n) is 11.4. The minimum absolute atomic E-state index is 0.0965.